The minimum Gasteiger partial charge on any atom is -0.361 e. The van der Waals surface area contributed by atoms with Crippen LogP contribution < -0.4 is 5.32 Å². The van der Waals surface area contributed by atoms with E-state index in [1.165, 1.54) is 44.2 Å². The fraction of sp³-hybridized carbons (Fsp3) is 0.469. The Hall–Kier alpha value is -2.91. The van der Waals surface area contributed by atoms with Crippen LogP contribution in [0.1, 0.15) is 50.2 Å². The number of aromatic nitrogens is 1. The second kappa shape index (κ2) is 14.0. The van der Waals surface area contributed by atoms with Gasteiger partial charge in [0.2, 0.25) is 11.8 Å². The first-order chi connectivity index (χ1) is 20.3. The molecule has 10 heteroatoms. The van der Waals surface area contributed by atoms with E-state index in [0.717, 1.165) is 42.4 Å². The zero-order valence-corrected chi connectivity index (χ0v) is 25.6. The number of piperidine rings is 2. The summed E-state index contributed by atoms with van der Waals surface area (Å²) in [7, 11) is 0. The average molecular weight is 613 g/mol. The van der Waals surface area contributed by atoms with Crippen molar-refractivity contribution in [1.82, 2.24) is 25.0 Å². The number of para-hydroxylation sites is 1. The van der Waals surface area contributed by atoms with Crippen LogP contribution in [-0.2, 0) is 27.3 Å². The summed E-state index contributed by atoms with van der Waals surface area (Å²) in [5.74, 6) is -1.09. The zero-order chi connectivity index (χ0) is 29.6. The lowest BCUT2D eigenvalue weighted by Gasteiger charge is -2.40. The van der Waals surface area contributed by atoms with E-state index in [4.69, 9.17) is 23.2 Å². The quantitative estimate of drug-likeness (QED) is 0.354. The smallest absolute Gasteiger partial charge is 0.252 e. The molecule has 0 radical (unpaired) electrons. The maximum atomic E-state index is 14.0. The van der Waals surface area contributed by atoms with Gasteiger partial charge < -0.3 is 15.2 Å². The third-order valence-corrected chi connectivity index (χ3v) is 9.27. The molecule has 2 fully saturated rings. The molecule has 2 N–H and O–H groups in total. The molecule has 1 unspecified atom stereocenters. The SMILES string of the molecule is CC(=O)N(Cc1ccc(Cl)c(Cl)c1)C(=O)C(Cc1c[nH]c2ccccc12)NC(=O)CN1CCC(N2CCCCC2)CC1. The molecular formula is C32H39Cl2N5O3. The van der Waals surface area contributed by atoms with Crippen molar-refractivity contribution in [2.24, 2.45) is 0 Å². The molecule has 0 spiro atoms. The predicted octanol–water partition coefficient (Wildman–Crippen LogP) is 5.03. The molecule has 2 aliphatic heterocycles. The number of amides is 3. The maximum absolute atomic E-state index is 14.0. The summed E-state index contributed by atoms with van der Waals surface area (Å²) < 4.78 is 0. The van der Waals surface area contributed by atoms with Gasteiger partial charge in [0.15, 0.2) is 0 Å². The lowest BCUT2D eigenvalue weighted by Crippen LogP contribution is -2.54. The molecule has 2 saturated heterocycles. The Morgan fingerprint density at radius 3 is 2.45 bits per heavy atom. The van der Waals surface area contributed by atoms with Crippen molar-refractivity contribution < 1.29 is 14.4 Å². The largest absolute Gasteiger partial charge is 0.361 e. The summed E-state index contributed by atoms with van der Waals surface area (Å²) in [5, 5.41) is 4.70. The van der Waals surface area contributed by atoms with Gasteiger partial charge in [0.25, 0.3) is 5.91 Å². The Morgan fingerprint density at radius 2 is 1.74 bits per heavy atom. The second-order valence-corrected chi connectivity index (χ2v) is 12.3. The number of fused-ring (bicyclic) bond motifs is 1. The molecule has 2 aliphatic rings. The van der Waals surface area contributed by atoms with Gasteiger partial charge in [0.1, 0.15) is 6.04 Å². The molecule has 1 aromatic heterocycles. The summed E-state index contributed by atoms with van der Waals surface area (Å²) >= 11 is 12.3. The Labute approximate surface area is 257 Å². The summed E-state index contributed by atoms with van der Waals surface area (Å²) in [6.45, 7) is 5.66. The van der Waals surface area contributed by atoms with Crippen molar-refractivity contribution in [3.05, 3.63) is 69.8 Å². The van der Waals surface area contributed by atoms with Crippen molar-refractivity contribution in [1.29, 1.82) is 0 Å². The van der Waals surface area contributed by atoms with Crippen LogP contribution in [0.4, 0.5) is 0 Å². The number of hydrogen-bond donors (Lipinski definition) is 2. The van der Waals surface area contributed by atoms with Crippen LogP contribution in [0.15, 0.2) is 48.7 Å². The van der Waals surface area contributed by atoms with Gasteiger partial charge in [-0.25, -0.2) is 0 Å². The van der Waals surface area contributed by atoms with Crippen molar-refractivity contribution in [2.75, 3.05) is 32.7 Å². The molecule has 8 nitrogen and oxygen atoms in total. The first-order valence-corrected chi connectivity index (χ1v) is 15.6. The van der Waals surface area contributed by atoms with Crippen LogP contribution in [0.25, 0.3) is 10.9 Å². The van der Waals surface area contributed by atoms with Gasteiger partial charge in [0, 0.05) is 49.6 Å². The highest BCUT2D eigenvalue weighted by molar-refractivity contribution is 6.42. The van der Waals surface area contributed by atoms with Gasteiger partial charge >= 0.3 is 0 Å². The summed E-state index contributed by atoms with van der Waals surface area (Å²) in [5.41, 5.74) is 2.51. The number of nitrogens with zero attached hydrogens (tertiary/aromatic N) is 3. The van der Waals surface area contributed by atoms with Gasteiger partial charge in [0.05, 0.1) is 23.1 Å². The zero-order valence-electron chi connectivity index (χ0n) is 24.1. The molecule has 42 heavy (non-hydrogen) atoms. The first kappa shape index (κ1) is 30.5. The lowest BCUT2D eigenvalue weighted by molar-refractivity contribution is -0.147. The molecule has 3 aromatic rings. The highest BCUT2D eigenvalue weighted by Gasteiger charge is 2.31. The molecule has 0 aliphatic carbocycles. The molecule has 0 saturated carbocycles. The van der Waals surface area contributed by atoms with Gasteiger partial charge in [-0.15, -0.1) is 0 Å². The van der Waals surface area contributed by atoms with Gasteiger partial charge in [-0.1, -0.05) is 53.9 Å². The van der Waals surface area contributed by atoms with Crippen LogP contribution in [0.5, 0.6) is 0 Å². The van der Waals surface area contributed by atoms with Crippen molar-refractivity contribution in [2.45, 2.75) is 64.1 Å². The van der Waals surface area contributed by atoms with Crippen LogP contribution in [-0.4, -0.2) is 82.2 Å². The number of halogens is 2. The van der Waals surface area contributed by atoms with E-state index in [-0.39, 0.29) is 25.4 Å². The number of hydrogen-bond acceptors (Lipinski definition) is 5. The van der Waals surface area contributed by atoms with E-state index in [9.17, 15) is 14.4 Å². The number of aromatic amines is 1. The normalized spacial score (nSPS) is 17.7. The predicted molar refractivity (Wildman–Crippen MR) is 167 cm³/mol. The molecule has 5 rings (SSSR count). The number of nitrogens with one attached hydrogen (secondary N) is 2. The number of benzene rings is 2. The van der Waals surface area contributed by atoms with Crippen molar-refractivity contribution in [3.63, 3.8) is 0 Å². The average Bonchev–Trinajstić information content (AvgIpc) is 3.40. The summed E-state index contributed by atoms with van der Waals surface area (Å²) in [6.07, 6.45) is 8.08. The topological polar surface area (TPSA) is 88.8 Å². The molecule has 224 valence electrons. The number of likely N-dealkylation sites (tertiary alicyclic amines) is 2. The van der Waals surface area contributed by atoms with E-state index in [0.29, 0.717) is 21.7 Å². The van der Waals surface area contributed by atoms with Crippen molar-refractivity contribution in [3.8, 4) is 0 Å². The molecule has 1 atom stereocenters. The third-order valence-electron chi connectivity index (χ3n) is 8.53. The highest BCUT2D eigenvalue weighted by Crippen LogP contribution is 2.25. The third kappa shape index (κ3) is 7.53. The summed E-state index contributed by atoms with van der Waals surface area (Å²) in [6, 6.07) is 12.5. The maximum Gasteiger partial charge on any atom is 0.252 e. The molecular weight excluding hydrogens is 573 g/mol. The van der Waals surface area contributed by atoms with Gasteiger partial charge in [-0.2, -0.15) is 0 Å². The number of rotatable bonds is 9. The van der Waals surface area contributed by atoms with Gasteiger partial charge in [-0.3, -0.25) is 24.2 Å². The van der Waals surface area contributed by atoms with E-state index >= 15 is 0 Å². The Morgan fingerprint density at radius 1 is 1.00 bits per heavy atom. The van der Waals surface area contributed by atoms with E-state index in [1.54, 1.807) is 18.2 Å². The van der Waals surface area contributed by atoms with Crippen molar-refractivity contribution >= 4 is 51.8 Å². The Balaban J connectivity index is 1.29. The minimum absolute atomic E-state index is 0.0231. The van der Waals surface area contributed by atoms with Crippen LogP contribution in [0.2, 0.25) is 10.0 Å². The number of imide groups is 1. The number of H-pyrrole nitrogens is 1. The van der Waals surface area contributed by atoms with E-state index < -0.39 is 17.9 Å². The van der Waals surface area contributed by atoms with E-state index in [1.807, 2.05) is 30.5 Å². The second-order valence-electron chi connectivity index (χ2n) is 11.5. The number of carbonyl (C=O) groups is 3. The van der Waals surface area contributed by atoms with Crippen LogP contribution >= 0.6 is 23.2 Å². The summed E-state index contributed by atoms with van der Waals surface area (Å²) in [4.78, 5) is 49.3. The highest BCUT2D eigenvalue weighted by atomic mass is 35.5. The van der Waals surface area contributed by atoms with E-state index in [2.05, 4.69) is 20.1 Å². The molecule has 2 aromatic carbocycles. The van der Waals surface area contributed by atoms with Crippen LogP contribution in [0.3, 0.4) is 0 Å². The molecule has 0 bridgehead atoms. The monoisotopic (exact) mass is 611 g/mol. The Kier molecular flexibility index (Phi) is 10.2. The van der Waals surface area contributed by atoms with Crippen LogP contribution in [0, 0.1) is 0 Å². The Bertz CT molecular complexity index is 1410. The molecule has 3 amide bonds. The number of carbonyl (C=O) groups excluding carboxylic acids is 3. The molecule has 3 heterocycles. The fourth-order valence-corrected chi connectivity index (χ4v) is 6.56. The fourth-order valence-electron chi connectivity index (χ4n) is 6.24. The lowest BCUT2D eigenvalue weighted by atomic mass is 10.00. The standard InChI is InChI=1S/C32H39Cl2N5O3/c1-22(40)39(20-23-9-10-27(33)28(34)17-23)32(42)30(18-24-19-35-29-8-4-3-7-26(24)29)36-31(41)21-37-15-11-25(12-16-37)38-13-5-2-6-14-38/h3-4,7-10,17,19,25,30,35H,2,5-6,11-16,18,20-21H2,1H3,(H,36,41). The first-order valence-electron chi connectivity index (χ1n) is 14.8. The minimum atomic E-state index is -0.922. The van der Waals surface area contributed by atoms with Gasteiger partial charge in [-0.05, 0) is 68.1 Å².